The zero-order valence-corrected chi connectivity index (χ0v) is 12.5. The van der Waals surface area contributed by atoms with Crippen molar-refractivity contribution in [2.24, 2.45) is 0 Å². The van der Waals surface area contributed by atoms with Crippen LogP contribution in [-0.2, 0) is 0 Å². The van der Waals surface area contributed by atoms with Gasteiger partial charge in [0.15, 0.2) is 0 Å². The van der Waals surface area contributed by atoms with Gasteiger partial charge in [-0.3, -0.25) is 14.9 Å². The molecule has 0 saturated heterocycles. The predicted molar refractivity (Wildman–Crippen MR) is 78.8 cm³/mol. The molecule has 5 nitrogen and oxygen atoms in total. The highest BCUT2D eigenvalue weighted by Crippen LogP contribution is 2.19. The zero-order chi connectivity index (χ0) is 15.3. The summed E-state index contributed by atoms with van der Waals surface area (Å²) in [5.74, 6) is -0.141. The lowest BCUT2D eigenvalue weighted by Gasteiger charge is -2.34. The Balaban J connectivity index is 3.12. The van der Waals surface area contributed by atoms with Crippen LogP contribution in [0, 0.1) is 10.1 Å². The van der Waals surface area contributed by atoms with Crippen LogP contribution < -0.4 is 0 Å². The zero-order valence-electron chi connectivity index (χ0n) is 12.5. The minimum absolute atomic E-state index is 0.0518. The van der Waals surface area contributed by atoms with E-state index in [0.717, 1.165) is 12.8 Å². The van der Waals surface area contributed by atoms with Gasteiger partial charge in [0, 0.05) is 29.8 Å². The van der Waals surface area contributed by atoms with Gasteiger partial charge in [0.05, 0.1) is 4.92 Å². The standard InChI is InChI=1S/C15H22N2O3/c1-5-11(3)16(12(4)6-2)15(18)13-8-7-9-14(10-13)17(19)20/h7-12H,5-6H2,1-4H3/t11-,12-/m0/s1. The number of nitro benzene ring substituents is 1. The lowest BCUT2D eigenvalue weighted by Crippen LogP contribution is -2.44. The summed E-state index contributed by atoms with van der Waals surface area (Å²) in [5.41, 5.74) is 0.323. The Morgan fingerprint density at radius 2 is 1.80 bits per heavy atom. The number of amides is 1. The Hall–Kier alpha value is -1.91. The molecule has 0 spiro atoms. The molecule has 0 bridgehead atoms. The van der Waals surface area contributed by atoms with Gasteiger partial charge in [-0.05, 0) is 32.8 Å². The van der Waals surface area contributed by atoms with Crippen molar-refractivity contribution in [2.45, 2.75) is 52.6 Å². The second-order valence-electron chi connectivity index (χ2n) is 5.03. The topological polar surface area (TPSA) is 63.5 Å². The first-order valence-electron chi connectivity index (χ1n) is 6.99. The van der Waals surface area contributed by atoms with Gasteiger partial charge in [-0.15, -0.1) is 0 Å². The van der Waals surface area contributed by atoms with E-state index in [0.29, 0.717) is 5.56 Å². The number of carbonyl (C=O) groups excluding carboxylic acids is 1. The summed E-state index contributed by atoms with van der Waals surface area (Å²) in [6, 6.07) is 6.14. The lowest BCUT2D eigenvalue weighted by molar-refractivity contribution is -0.384. The molecule has 0 fully saturated rings. The average Bonchev–Trinajstić information content (AvgIpc) is 2.46. The number of hydrogen-bond acceptors (Lipinski definition) is 3. The van der Waals surface area contributed by atoms with Crippen LogP contribution in [-0.4, -0.2) is 27.8 Å². The number of nitro groups is 1. The molecule has 0 N–H and O–H groups in total. The molecule has 1 aromatic carbocycles. The van der Waals surface area contributed by atoms with E-state index < -0.39 is 4.92 Å². The SMILES string of the molecule is CC[C@H](C)N(C(=O)c1cccc([N+](=O)[O-])c1)[C@@H](C)CC. The maximum Gasteiger partial charge on any atom is 0.270 e. The highest BCUT2D eigenvalue weighted by Gasteiger charge is 2.25. The largest absolute Gasteiger partial charge is 0.333 e. The molecule has 0 aliphatic rings. The number of hydrogen-bond donors (Lipinski definition) is 0. The van der Waals surface area contributed by atoms with Crippen molar-refractivity contribution in [3.8, 4) is 0 Å². The van der Waals surface area contributed by atoms with Gasteiger partial charge in [-0.1, -0.05) is 19.9 Å². The molecule has 0 radical (unpaired) electrons. The number of nitrogens with zero attached hydrogens (tertiary/aromatic N) is 2. The quantitative estimate of drug-likeness (QED) is 0.589. The smallest absolute Gasteiger partial charge is 0.270 e. The van der Waals surface area contributed by atoms with Crippen molar-refractivity contribution >= 4 is 11.6 Å². The van der Waals surface area contributed by atoms with Gasteiger partial charge < -0.3 is 4.90 Å². The Bertz CT molecular complexity index is 478. The lowest BCUT2D eigenvalue weighted by atomic mass is 10.1. The second kappa shape index (κ2) is 7.03. The molecule has 110 valence electrons. The monoisotopic (exact) mass is 278 g/mol. The number of non-ortho nitro benzene ring substituents is 1. The van der Waals surface area contributed by atoms with Crippen LogP contribution in [0.4, 0.5) is 5.69 Å². The third kappa shape index (κ3) is 3.56. The summed E-state index contributed by atoms with van der Waals surface area (Å²) in [6.45, 7) is 8.06. The van der Waals surface area contributed by atoms with Crippen molar-refractivity contribution in [1.82, 2.24) is 4.90 Å². The van der Waals surface area contributed by atoms with E-state index in [-0.39, 0.29) is 23.7 Å². The van der Waals surface area contributed by atoms with E-state index in [9.17, 15) is 14.9 Å². The molecule has 1 aromatic rings. The Morgan fingerprint density at radius 3 is 2.25 bits per heavy atom. The van der Waals surface area contributed by atoms with Crippen molar-refractivity contribution in [1.29, 1.82) is 0 Å². The maximum absolute atomic E-state index is 12.6. The summed E-state index contributed by atoms with van der Waals surface area (Å²) in [4.78, 5) is 24.8. The summed E-state index contributed by atoms with van der Waals surface area (Å²) >= 11 is 0. The fraction of sp³-hybridized carbons (Fsp3) is 0.533. The molecule has 0 unspecified atom stereocenters. The first-order valence-corrected chi connectivity index (χ1v) is 6.99. The van der Waals surface area contributed by atoms with Crippen LogP contribution in [0.3, 0.4) is 0 Å². The molecule has 0 aliphatic heterocycles. The first kappa shape index (κ1) is 16.1. The molecule has 1 rings (SSSR count). The number of rotatable bonds is 6. The van der Waals surface area contributed by atoms with Gasteiger partial charge >= 0.3 is 0 Å². The average molecular weight is 278 g/mol. The van der Waals surface area contributed by atoms with Crippen LogP contribution in [0.15, 0.2) is 24.3 Å². The maximum atomic E-state index is 12.6. The van der Waals surface area contributed by atoms with E-state index >= 15 is 0 Å². The molecule has 1 amide bonds. The van der Waals surface area contributed by atoms with Crippen LogP contribution in [0.5, 0.6) is 0 Å². The van der Waals surface area contributed by atoms with Crippen LogP contribution in [0.2, 0.25) is 0 Å². The van der Waals surface area contributed by atoms with E-state index in [2.05, 4.69) is 0 Å². The molecule has 0 heterocycles. The summed E-state index contributed by atoms with van der Waals surface area (Å²) in [7, 11) is 0. The minimum atomic E-state index is -0.479. The third-order valence-corrected chi connectivity index (χ3v) is 3.67. The molecular weight excluding hydrogens is 256 g/mol. The van der Waals surface area contributed by atoms with Crippen molar-refractivity contribution in [3.63, 3.8) is 0 Å². The van der Waals surface area contributed by atoms with E-state index in [1.165, 1.54) is 12.1 Å². The molecule has 0 saturated carbocycles. The molecule has 5 heteroatoms. The Kier molecular flexibility index (Phi) is 5.67. The molecular formula is C15H22N2O3. The van der Waals surface area contributed by atoms with Gasteiger partial charge in [0.2, 0.25) is 0 Å². The molecule has 0 aromatic heterocycles. The van der Waals surface area contributed by atoms with Crippen molar-refractivity contribution in [3.05, 3.63) is 39.9 Å². The molecule has 20 heavy (non-hydrogen) atoms. The number of benzene rings is 1. The highest BCUT2D eigenvalue weighted by atomic mass is 16.6. The van der Waals surface area contributed by atoms with Crippen molar-refractivity contribution in [2.75, 3.05) is 0 Å². The third-order valence-electron chi connectivity index (χ3n) is 3.67. The normalized spacial score (nSPS) is 13.6. The summed E-state index contributed by atoms with van der Waals surface area (Å²) in [6.07, 6.45) is 1.70. The highest BCUT2D eigenvalue weighted by molar-refractivity contribution is 5.95. The number of carbonyl (C=O) groups is 1. The van der Waals surface area contributed by atoms with E-state index in [1.54, 1.807) is 12.1 Å². The fourth-order valence-electron chi connectivity index (χ4n) is 2.13. The summed E-state index contributed by atoms with van der Waals surface area (Å²) in [5, 5.41) is 10.8. The van der Waals surface area contributed by atoms with Crippen LogP contribution in [0.25, 0.3) is 0 Å². The van der Waals surface area contributed by atoms with Crippen LogP contribution >= 0.6 is 0 Å². The predicted octanol–water partition coefficient (Wildman–Crippen LogP) is 3.63. The Labute approximate surface area is 119 Å². The van der Waals surface area contributed by atoms with Crippen LogP contribution in [0.1, 0.15) is 50.9 Å². The second-order valence-corrected chi connectivity index (χ2v) is 5.03. The van der Waals surface area contributed by atoms with Gasteiger partial charge in [-0.2, -0.15) is 0 Å². The summed E-state index contributed by atoms with van der Waals surface area (Å²) < 4.78 is 0. The van der Waals surface area contributed by atoms with E-state index in [1.807, 2.05) is 32.6 Å². The Morgan fingerprint density at radius 1 is 1.25 bits per heavy atom. The van der Waals surface area contributed by atoms with Gasteiger partial charge in [0.25, 0.3) is 11.6 Å². The van der Waals surface area contributed by atoms with E-state index in [4.69, 9.17) is 0 Å². The van der Waals surface area contributed by atoms with Crippen molar-refractivity contribution < 1.29 is 9.72 Å². The minimum Gasteiger partial charge on any atom is -0.333 e. The van der Waals surface area contributed by atoms with Gasteiger partial charge in [0.1, 0.15) is 0 Å². The fourth-order valence-corrected chi connectivity index (χ4v) is 2.13. The molecule has 2 atom stereocenters. The first-order chi connectivity index (χ1) is 9.42. The van der Waals surface area contributed by atoms with Gasteiger partial charge in [-0.25, -0.2) is 0 Å². The molecule has 0 aliphatic carbocycles.